The minimum Gasteiger partial charge on any atom is -0.462 e. The lowest BCUT2D eigenvalue weighted by Crippen LogP contribution is -2.55. The molecule has 2 saturated carbocycles. The summed E-state index contributed by atoms with van der Waals surface area (Å²) in [5.74, 6) is -2.25. The third-order valence-corrected chi connectivity index (χ3v) is 14.1. The van der Waals surface area contributed by atoms with Gasteiger partial charge in [-0.25, -0.2) is 4.90 Å². The number of aliphatic hydroxyl groups excluding tert-OH is 1. The highest BCUT2D eigenvalue weighted by molar-refractivity contribution is 6.21. The molecule has 2 fully saturated rings. The molecular formula is C42H55NO7. The molecule has 1 aromatic rings. The van der Waals surface area contributed by atoms with Crippen LogP contribution in [0.25, 0.3) is 0 Å². The van der Waals surface area contributed by atoms with Crippen molar-refractivity contribution in [3.63, 3.8) is 0 Å². The van der Waals surface area contributed by atoms with Crippen molar-refractivity contribution >= 4 is 23.8 Å². The largest absolute Gasteiger partial charge is 0.462 e. The number of ether oxygens (including phenoxy) is 2. The van der Waals surface area contributed by atoms with Gasteiger partial charge in [-0.3, -0.25) is 19.2 Å². The minimum atomic E-state index is -0.760. The second-order valence-corrected chi connectivity index (χ2v) is 17.3. The quantitative estimate of drug-likeness (QED) is 0.160. The van der Waals surface area contributed by atoms with Crippen LogP contribution < -0.4 is 0 Å². The Hall–Kier alpha value is -3.52. The van der Waals surface area contributed by atoms with Gasteiger partial charge in [-0.05, 0) is 90.9 Å². The van der Waals surface area contributed by atoms with Crippen LogP contribution >= 0.6 is 0 Å². The number of hydrogen-bond acceptors (Lipinski definition) is 7. The number of rotatable bonds is 9. The van der Waals surface area contributed by atoms with Gasteiger partial charge in [-0.1, -0.05) is 84.9 Å². The average molecular weight is 686 g/mol. The molecule has 0 bridgehead atoms. The first kappa shape index (κ1) is 36.3. The fourth-order valence-electron chi connectivity index (χ4n) is 10.9. The van der Waals surface area contributed by atoms with Gasteiger partial charge in [0.05, 0.1) is 23.1 Å². The molecule has 5 aliphatic rings. The van der Waals surface area contributed by atoms with E-state index in [1.165, 1.54) is 18.1 Å². The number of imide groups is 1. The molecule has 0 aromatic heterocycles. The lowest BCUT2D eigenvalue weighted by molar-refractivity contribution is -0.165. The van der Waals surface area contributed by atoms with Crippen molar-refractivity contribution in [1.29, 1.82) is 0 Å². The van der Waals surface area contributed by atoms with E-state index in [9.17, 15) is 24.3 Å². The molecule has 0 unspecified atom stereocenters. The highest BCUT2D eigenvalue weighted by Gasteiger charge is 2.67. The highest BCUT2D eigenvalue weighted by atomic mass is 16.5. The molecular weight excluding hydrogens is 630 g/mol. The van der Waals surface area contributed by atoms with E-state index in [1.807, 2.05) is 0 Å². The lowest BCUT2D eigenvalue weighted by atomic mass is 9.44. The van der Waals surface area contributed by atoms with E-state index in [0.717, 1.165) is 29.7 Å². The first-order valence-corrected chi connectivity index (χ1v) is 18.4. The lowest BCUT2D eigenvalue weighted by Gasteiger charge is -2.61. The van der Waals surface area contributed by atoms with Crippen LogP contribution in [0.3, 0.4) is 0 Å². The third-order valence-electron chi connectivity index (χ3n) is 14.1. The number of carbonyl (C=O) groups is 4. The number of hydrogen-bond donors (Lipinski definition) is 1. The molecule has 0 saturated heterocycles. The molecule has 1 heterocycles. The molecule has 8 nitrogen and oxygen atoms in total. The van der Waals surface area contributed by atoms with Crippen molar-refractivity contribution in [3.05, 3.63) is 70.8 Å². The third kappa shape index (κ3) is 5.43. The van der Waals surface area contributed by atoms with Crippen molar-refractivity contribution in [2.45, 2.75) is 113 Å². The zero-order chi connectivity index (χ0) is 36.6. The van der Waals surface area contributed by atoms with Crippen LogP contribution in [0.1, 0.15) is 121 Å². The predicted molar refractivity (Wildman–Crippen MR) is 190 cm³/mol. The van der Waals surface area contributed by atoms with Crippen molar-refractivity contribution in [2.75, 3.05) is 6.73 Å². The molecule has 1 aromatic carbocycles. The van der Waals surface area contributed by atoms with Crippen LogP contribution in [0, 0.1) is 45.3 Å². The summed E-state index contributed by atoms with van der Waals surface area (Å²) >= 11 is 0. The Labute approximate surface area is 297 Å². The molecule has 4 aliphatic carbocycles. The number of carbonyl (C=O) groups excluding carboxylic acids is 4. The molecule has 8 heteroatoms. The van der Waals surface area contributed by atoms with E-state index in [-0.39, 0.29) is 34.7 Å². The molecule has 270 valence electrons. The first-order valence-electron chi connectivity index (χ1n) is 18.4. The van der Waals surface area contributed by atoms with Crippen molar-refractivity contribution < 1.29 is 33.8 Å². The Morgan fingerprint density at radius 2 is 1.66 bits per heavy atom. The number of benzene rings is 1. The molecule has 1 aliphatic heterocycles. The zero-order valence-corrected chi connectivity index (χ0v) is 31.1. The topological polar surface area (TPSA) is 110 Å². The molecule has 2 amide bonds. The molecule has 6 rings (SSSR count). The van der Waals surface area contributed by atoms with Gasteiger partial charge in [0.2, 0.25) is 0 Å². The number of fused-ring (bicyclic) bond motifs is 6. The van der Waals surface area contributed by atoms with Gasteiger partial charge in [0.25, 0.3) is 11.8 Å². The van der Waals surface area contributed by atoms with Crippen LogP contribution in [0.15, 0.2) is 59.7 Å². The average Bonchev–Trinajstić information content (AvgIpc) is 3.41. The molecule has 50 heavy (non-hydrogen) atoms. The standard InChI is InChI=1S/C42H55NO7/c1-24(2)25(3)14-15-29(38(48)49-23-43-36(46)27-12-10-11-13-28(27)37(43)47)35-32(45)22-42(9)31-16-17-33-39(5,6)34(50-26(4)44)19-20-40(33,7)30(31)18-21-41(35,42)8/h10-13,16,18,24,29,32-35,45H,3,14-15,17,19-23H2,1-2,4-9H3/t29-,32-,33+,34-,35+,40-,41-,42+/m1/s1. The van der Waals surface area contributed by atoms with Crippen LogP contribution in [-0.4, -0.2) is 52.7 Å². The SMILES string of the molecule is C=C(CC[C@@H](C(=O)OCN1C(=O)c2ccccc2C1=O)[C@H]1[C@H](O)C[C@@]2(C)C3=CC[C@H]4C(C)(C)[C@H](OC(C)=O)CC[C@]4(C)C3=CC[C@]12C)C(C)C. The van der Waals surface area contributed by atoms with E-state index < -0.39 is 53.3 Å². The fourth-order valence-corrected chi connectivity index (χ4v) is 10.9. The van der Waals surface area contributed by atoms with Crippen molar-refractivity contribution in [2.24, 2.45) is 45.3 Å². The van der Waals surface area contributed by atoms with Crippen molar-refractivity contribution in [3.8, 4) is 0 Å². The van der Waals surface area contributed by atoms with Gasteiger partial charge in [0, 0.05) is 23.7 Å². The highest BCUT2D eigenvalue weighted by Crippen LogP contribution is 2.72. The van der Waals surface area contributed by atoms with E-state index in [4.69, 9.17) is 9.47 Å². The maximum atomic E-state index is 14.2. The smallest absolute Gasteiger partial charge is 0.311 e. The van der Waals surface area contributed by atoms with E-state index in [0.29, 0.717) is 36.8 Å². The second kappa shape index (κ2) is 12.6. The van der Waals surface area contributed by atoms with Gasteiger partial charge in [-0.2, -0.15) is 0 Å². The van der Waals surface area contributed by atoms with Gasteiger partial charge < -0.3 is 14.6 Å². The Bertz CT molecular complexity index is 1650. The van der Waals surface area contributed by atoms with E-state index >= 15 is 0 Å². The monoisotopic (exact) mass is 685 g/mol. The number of aliphatic hydroxyl groups is 1. The Morgan fingerprint density at radius 3 is 2.26 bits per heavy atom. The van der Waals surface area contributed by atoms with E-state index in [2.05, 4.69) is 67.2 Å². The summed E-state index contributed by atoms with van der Waals surface area (Å²) in [5, 5.41) is 12.1. The number of amides is 2. The first-order chi connectivity index (χ1) is 23.4. The fraction of sp³-hybridized carbons (Fsp3) is 0.619. The van der Waals surface area contributed by atoms with Crippen LogP contribution in [0.5, 0.6) is 0 Å². The van der Waals surface area contributed by atoms with Crippen LogP contribution in [-0.2, 0) is 19.1 Å². The maximum Gasteiger partial charge on any atom is 0.311 e. The summed E-state index contributed by atoms with van der Waals surface area (Å²) in [6, 6.07) is 6.62. The van der Waals surface area contributed by atoms with Crippen LogP contribution in [0.2, 0.25) is 0 Å². The Kier molecular flexibility index (Phi) is 9.15. The normalized spacial score (nSPS) is 34.6. The summed E-state index contributed by atoms with van der Waals surface area (Å²) in [7, 11) is 0. The molecule has 1 N–H and O–H groups in total. The summed E-state index contributed by atoms with van der Waals surface area (Å²) in [5.41, 5.74) is 3.05. The number of allylic oxidation sites excluding steroid dienone is 5. The summed E-state index contributed by atoms with van der Waals surface area (Å²) in [6.45, 7) is 20.8. The number of nitrogens with zero attached hydrogens (tertiary/aromatic N) is 1. The minimum absolute atomic E-state index is 0.114. The van der Waals surface area contributed by atoms with Crippen LogP contribution in [0.4, 0.5) is 0 Å². The predicted octanol–water partition coefficient (Wildman–Crippen LogP) is 7.82. The molecule has 0 radical (unpaired) electrons. The van der Waals surface area contributed by atoms with Gasteiger partial charge in [0.1, 0.15) is 6.10 Å². The van der Waals surface area contributed by atoms with Gasteiger partial charge in [-0.15, -0.1) is 0 Å². The summed E-state index contributed by atoms with van der Waals surface area (Å²) in [6.07, 6.45) is 8.67. The maximum absolute atomic E-state index is 14.2. The summed E-state index contributed by atoms with van der Waals surface area (Å²) in [4.78, 5) is 53.4. The summed E-state index contributed by atoms with van der Waals surface area (Å²) < 4.78 is 11.7. The Morgan fingerprint density at radius 1 is 1.02 bits per heavy atom. The molecule has 8 atom stereocenters. The molecule has 0 spiro atoms. The van der Waals surface area contributed by atoms with E-state index in [1.54, 1.807) is 24.3 Å². The zero-order valence-electron chi connectivity index (χ0n) is 31.1. The van der Waals surface area contributed by atoms with Gasteiger partial charge >= 0.3 is 11.9 Å². The number of esters is 2. The Balaban J connectivity index is 1.30. The second-order valence-electron chi connectivity index (χ2n) is 17.3. The van der Waals surface area contributed by atoms with Crippen molar-refractivity contribution in [1.82, 2.24) is 4.90 Å². The van der Waals surface area contributed by atoms with Gasteiger partial charge in [0.15, 0.2) is 6.73 Å².